The first-order valence-corrected chi connectivity index (χ1v) is 22.8. The zero-order chi connectivity index (χ0) is 40.7. The second kappa shape index (κ2) is 46.2. The van der Waals surface area contributed by atoms with Crippen molar-refractivity contribution in [2.45, 2.75) is 194 Å². The summed E-state index contributed by atoms with van der Waals surface area (Å²) < 4.78 is 17.2. The number of allylic oxidation sites excluding steroid dienone is 16. The first-order valence-electron chi connectivity index (χ1n) is 22.8. The summed E-state index contributed by atoms with van der Waals surface area (Å²) in [5.74, 6) is -0.526. The van der Waals surface area contributed by atoms with Crippen LogP contribution in [0.25, 0.3) is 0 Å². The van der Waals surface area contributed by atoms with Gasteiger partial charge >= 0.3 is 11.9 Å². The Kier molecular flexibility index (Phi) is 43.6. The van der Waals surface area contributed by atoms with Gasteiger partial charge in [-0.2, -0.15) is 0 Å². The number of esters is 2. The van der Waals surface area contributed by atoms with Gasteiger partial charge in [0.2, 0.25) is 0 Å². The van der Waals surface area contributed by atoms with Crippen molar-refractivity contribution in [2.24, 2.45) is 0 Å². The van der Waals surface area contributed by atoms with E-state index in [1.807, 2.05) is 6.08 Å². The molecule has 5 heteroatoms. The third-order valence-electron chi connectivity index (χ3n) is 9.13. The molecule has 0 aromatic carbocycles. The molecule has 1 atom stereocenters. The molecule has 0 aliphatic heterocycles. The molecule has 0 radical (unpaired) electrons. The van der Waals surface area contributed by atoms with E-state index < -0.39 is 6.10 Å². The van der Waals surface area contributed by atoms with Gasteiger partial charge in [0.15, 0.2) is 6.10 Å². The fourth-order valence-electron chi connectivity index (χ4n) is 5.82. The number of hydrogen-bond donors (Lipinski definition) is 0. The lowest BCUT2D eigenvalue weighted by Gasteiger charge is -2.18. The first kappa shape index (κ1) is 52.8. The van der Waals surface area contributed by atoms with Gasteiger partial charge < -0.3 is 14.2 Å². The van der Waals surface area contributed by atoms with Crippen molar-refractivity contribution in [1.29, 1.82) is 0 Å². The number of carbonyl (C=O) groups is 2. The topological polar surface area (TPSA) is 61.8 Å². The van der Waals surface area contributed by atoms with Crippen molar-refractivity contribution >= 4 is 11.9 Å². The Labute approximate surface area is 345 Å². The van der Waals surface area contributed by atoms with Gasteiger partial charge in [-0.3, -0.25) is 9.59 Å². The van der Waals surface area contributed by atoms with Crippen molar-refractivity contribution < 1.29 is 23.8 Å². The van der Waals surface area contributed by atoms with Gasteiger partial charge in [0, 0.05) is 19.4 Å². The molecule has 0 rings (SSSR count). The van der Waals surface area contributed by atoms with E-state index in [0.717, 1.165) is 83.5 Å². The zero-order valence-corrected chi connectivity index (χ0v) is 36.4. The summed E-state index contributed by atoms with van der Waals surface area (Å²) >= 11 is 0. The molecule has 0 saturated heterocycles. The number of ether oxygens (including phenoxy) is 3. The summed E-state index contributed by atoms with van der Waals surface area (Å²) in [6.45, 7) is 7.37. The van der Waals surface area contributed by atoms with Crippen LogP contribution in [0.15, 0.2) is 97.2 Å². The monoisotopic (exact) mass is 777 g/mol. The Balaban J connectivity index is 4.46. The Morgan fingerprint density at radius 1 is 0.411 bits per heavy atom. The highest BCUT2D eigenvalue weighted by molar-refractivity contribution is 5.70. The lowest BCUT2D eigenvalue weighted by Crippen LogP contribution is -2.30. The van der Waals surface area contributed by atoms with Crippen molar-refractivity contribution in [3.63, 3.8) is 0 Å². The van der Waals surface area contributed by atoms with E-state index in [9.17, 15) is 9.59 Å². The minimum Gasteiger partial charge on any atom is -0.462 e. The molecular weight excluding hydrogens is 693 g/mol. The summed E-state index contributed by atoms with van der Waals surface area (Å²) in [5.41, 5.74) is 0. The fraction of sp³-hybridized carbons (Fsp3) is 0.647. The average Bonchev–Trinajstić information content (AvgIpc) is 3.20. The van der Waals surface area contributed by atoms with Crippen LogP contribution in [0.5, 0.6) is 0 Å². The SMILES string of the molecule is CC/C=C\C/C=C\C/C=C\C/C=C\CCCOCC(COC(=O)CC/C=C\C/C=C\C/C=C\C/C=C\CC)OC(=O)CCCCCCCCCCCCCCC. The van der Waals surface area contributed by atoms with Gasteiger partial charge in [-0.05, 0) is 77.0 Å². The molecule has 0 spiro atoms. The second-order valence-corrected chi connectivity index (χ2v) is 14.5. The molecular formula is C51H84O5. The van der Waals surface area contributed by atoms with E-state index in [1.54, 1.807) is 0 Å². The molecule has 0 fully saturated rings. The molecule has 56 heavy (non-hydrogen) atoms. The van der Waals surface area contributed by atoms with Crippen LogP contribution in [0.1, 0.15) is 188 Å². The first-order chi connectivity index (χ1) is 27.6. The van der Waals surface area contributed by atoms with Crippen molar-refractivity contribution in [1.82, 2.24) is 0 Å². The summed E-state index contributed by atoms with van der Waals surface area (Å²) in [7, 11) is 0. The largest absolute Gasteiger partial charge is 0.462 e. The summed E-state index contributed by atoms with van der Waals surface area (Å²) in [6, 6.07) is 0. The molecule has 0 N–H and O–H groups in total. The van der Waals surface area contributed by atoms with Crippen LogP contribution in [0.4, 0.5) is 0 Å². The maximum Gasteiger partial charge on any atom is 0.306 e. The van der Waals surface area contributed by atoms with Gasteiger partial charge in [0.05, 0.1) is 6.61 Å². The molecule has 0 aromatic heterocycles. The van der Waals surface area contributed by atoms with Crippen molar-refractivity contribution in [3.8, 4) is 0 Å². The standard InChI is InChI=1S/C51H84O5/c1-4-7-10-13-16-19-22-25-28-31-34-37-40-43-46-54-47-49(56-51(53)45-42-39-36-33-30-27-24-21-18-15-12-9-6-3)48-55-50(52)44-41-38-35-32-29-26-23-20-17-14-11-8-5-2/h7-8,10-11,16-17,19-20,25-26,28-29,34-35,37-38,49H,4-6,9,12-15,18,21-24,27,30-33,36,39-48H2,1-3H3/b10-7-,11-8-,19-16-,20-17-,28-25-,29-26-,37-34-,38-35-. The maximum atomic E-state index is 12.7. The maximum absolute atomic E-state index is 12.7. The second-order valence-electron chi connectivity index (χ2n) is 14.5. The predicted molar refractivity (Wildman–Crippen MR) is 242 cm³/mol. The van der Waals surface area contributed by atoms with Crippen LogP contribution in [-0.2, 0) is 23.8 Å². The van der Waals surface area contributed by atoms with Gasteiger partial charge in [-0.1, -0.05) is 195 Å². The van der Waals surface area contributed by atoms with E-state index in [2.05, 4.69) is 112 Å². The highest BCUT2D eigenvalue weighted by Crippen LogP contribution is 2.14. The molecule has 0 bridgehead atoms. The van der Waals surface area contributed by atoms with Gasteiger partial charge in [0.1, 0.15) is 6.61 Å². The van der Waals surface area contributed by atoms with Gasteiger partial charge in [-0.15, -0.1) is 0 Å². The molecule has 0 aliphatic carbocycles. The van der Waals surface area contributed by atoms with E-state index in [4.69, 9.17) is 14.2 Å². The Morgan fingerprint density at radius 2 is 0.821 bits per heavy atom. The van der Waals surface area contributed by atoms with Crippen molar-refractivity contribution in [2.75, 3.05) is 19.8 Å². The Bertz CT molecular complexity index is 1110. The number of carbonyl (C=O) groups excluding carboxylic acids is 2. The highest BCUT2D eigenvalue weighted by Gasteiger charge is 2.17. The summed E-state index contributed by atoms with van der Waals surface area (Å²) in [4.78, 5) is 25.2. The van der Waals surface area contributed by atoms with Crippen LogP contribution in [0, 0.1) is 0 Å². The quantitative estimate of drug-likeness (QED) is 0.0352. The molecule has 5 nitrogen and oxygen atoms in total. The molecule has 1 unspecified atom stereocenters. The van der Waals surface area contributed by atoms with Crippen molar-refractivity contribution in [3.05, 3.63) is 97.2 Å². The summed E-state index contributed by atoms with van der Waals surface area (Å²) in [5, 5.41) is 0. The Morgan fingerprint density at radius 3 is 1.29 bits per heavy atom. The molecule has 0 aliphatic rings. The lowest BCUT2D eigenvalue weighted by atomic mass is 10.0. The molecule has 0 heterocycles. The predicted octanol–water partition coefficient (Wildman–Crippen LogP) is 15.1. The van der Waals surface area contributed by atoms with Gasteiger partial charge in [0.25, 0.3) is 0 Å². The minimum atomic E-state index is -0.594. The number of rotatable bonds is 40. The normalized spacial score (nSPS) is 13.1. The third kappa shape index (κ3) is 43.5. The van der Waals surface area contributed by atoms with Crippen LogP contribution in [-0.4, -0.2) is 37.9 Å². The van der Waals surface area contributed by atoms with E-state index in [1.165, 1.54) is 64.2 Å². The van der Waals surface area contributed by atoms with E-state index in [0.29, 0.717) is 25.9 Å². The molecule has 318 valence electrons. The van der Waals surface area contributed by atoms with Crippen LogP contribution < -0.4 is 0 Å². The summed E-state index contributed by atoms with van der Waals surface area (Å²) in [6.07, 6.45) is 61.4. The molecule has 0 saturated carbocycles. The average molecular weight is 777 g/mol. The van der Waals surface area contributed by atoms with Crippen LogP contribution in [0.3, 0.4) is 0 Å². The molecule has 0 aromatic rings. The fourth-order valence-corrected chi connectivity index (χ4v) is 5.82. The van der Waals surface area contributed by atoms with Crippen LogP contribution >= 0.6 is 0 Å². The highest BCUT2D eigenvalue weighted by atomic mass is 16.6. The molecule has 0 amide bonds. The van der Waals surface area contributed by atoms with Crippen LogP contribution in [0.2, 0.25) is 0 Å². The smallest absolute Gasteiger partial charge is 0.306 e. The minimum absolute atomic E-state index is 0.0221. The Hall–Kier alpha value is -3.18. The zero-order valence-electron chi connectivity index (χ0n) is 36.4. The van der Waals surface area contributed by atoms with E-state index >= 15 is 0 Å². The number of unbranched alkanes of at least 4 members (excludes halogenated alkanes) is 13. The third-order valence-corrected chi connectivity index (χ3v) is 9.13. The lowest BCUT2D eigenvalue weighted by molar-refractivity contribution is -0.162. The number of hydrogen-bond acceptors (Lipinski definition) is 5. The van der Waals surface area contributed by atoms with Gasteiger partial charge in [-0.25, -0.2) is 0 Å². The van der Waals surface area contributed by atoms with E-state index in [-0.39, 0.29) is 25.2 Å².